The normalized spacial score (nSPS) is 25.6. The Morgan fingerprint density at radius 2 is 1.62 bits per heavy atom. The number of aromatic hydroxyl groups is 2. The molecule has 32 heavy (non-hydrogen) atoms. The van der Waals surface area contributed by atoms with E-state index in [1.165, 1.54) is 24.3 Å². The number of carbonyl (C=O) groups is 1. The maximum atomic E-state index is 12.8. The molecule has 1 aliphatic rings. The van der Waals surface area contributed by atoms with Gasteiger partial charge in [0.15, 0.2) is 12.4 Å². The van der Waals surface area contributed by atoms with Gasteiger partial charge in [0.25, 0.3) is 0 Å². The first-order valence-corrected chi connectivity index (χ1v) is 9.34. The molecule has 0 bridgehead atoms. The molecule has 1 aliphatic heterocycles. The highest BCUT2D eigenvalue weighted by atomic mass is 16.7. The largest absolute Gasteiger partial charge is 0.508 e. The average Bonchev–Trinajstić information content (AvgIpc) is 2.75. The van der Waals surface area contributed by atoms with Crippen LogP contribution in [0.3, 0.4) is 0 Å². The van der Waals surface area contributed by atoms with Crippen LogP contribution in [0.15, 0.2) is 51.9 Å². The first-order chi connectivity index (χ1) is 15.2. The van der Waals surface area contributed by atoms with E-state index in [4.69, 9.17) is 13.9 Å². The number of rotatable bonds is 3. The molecule has 11 nitrogen and oxygen atoms in total. The molecule has 0 amide bonds. The lowest BCUT2D eigenvalue weighted by Gasteiger charge is -2.36. The van der Waals surface area contributed by atoms with Crippen LogP contribution in [0.2, 0.25) is 0 Å². The van der Waals surface area contributed by atoms with Crippen LogP contribution in [0.5, 0.6) is 17.2 Å². The van der Waals surface area contributed by atoms with Gasteiger partial charge in [-0.3, -0.25) is 4.79 Å². The molecule has 4 rings (SSSR count). The van der Waals surface area contributed by atoms with Crippen LogP contribution in [-0.4, -0.2) is 67.3 Å². The predicted octanol–water partition coefficient (Wildman–Crippen LogP) is -0.424. The minimum absolute atomic E-state index is 0.00911. The minimum atomic E-state index is -1.94. The van der Waals surface area contributed by atoms with Gasteiger partial charge in [-0.05, 0) is 17.7 Å². The van der Waals surface area contributed by atoms with E-state index < -0.39 is 47.9 Å². The Hall–Kier alpha value is -3.48. The number of aliphatic hydroxyl groups excluding tert-OH is 4. The summed E-state index contributed by atoms with van der Waals surface area (Å²) >= 11 is 0. The number of ether oxygens (including phenoxy) is 2. The highest BCUT2D eigenvalue weighted by molar-refractivity contribution is 5.89. The first kappa shape index (κ1) is 21.7. The van der Waals surface area contributed by atoms with Gasteiger partial charge in [-0.2, -0.15) is 0 Å². The highest BCUT2D eigenvalue weighted by Gasteiger charge is 2.47. The lowest BCUT2D eigenvalue weighted by molar-refractivity contribution is -0.279. The molecular formula is C21H18O11. The van der Waals surface area contributed by atoms with E-state index in [9.17, 15) is 40.2 Å². The second-order valence-electron chi connectivity index (χ2n) is 7.18. The molecule has 0 aliphatic carbocycles. The van der Waals surface area contributed by atoms with Crippen LogP contribution in [0.4, 0.5) is 0 Å². The van der Waals surface area contributed by atoms with Crippen molar-refractivity contribution in [1.82, 2.24) is 0 Å². The van der Waals surface area contributed by atoms with Crippen molar-refractivity contribution >= 4 is 16.9 Å². The fourth-order valence-corrected chi connectivity index (χ4v) is 3.34. The molecular weight excluding hydrogens is 428 g/mol. The second-order valence-corrected chi connectivity index (χ2v) is 7.18. The summed E-state index contributed by atoms with van der Waals surface area (Å²) in [6.07, 6.45) is -8.20. The Morgan fingerprint density at radius 3 is 2.31 bits per heavy atom. The van der Waals surface area contributed by atoms with Gasteiger partial charge in [-0.15, -0.1) is 0 Å². The molecule has 0 unspecified atom stereocenters. The Morgan fingerprint density at radius 1 is 0.938 bits per heavy atom. The standard InChI is InChI=1S/C21H18O11/c22-9-3-1-8(2-4-9)11-7-30-13-6-10(5-12(23)14(13)15(11)24)31-21(29)19-17(26)16(25)18(27)20(28)32-19/h1-7,16-20,22-23,25-28H/t16-,17-,18+,19-,20+/m0/s1. The summed E-state index contributed by atoms with van der Waals surface area (Å²) in [6.45, 7) is 0. The summed E-state index contributed by atoms with van der Waals surface area (Å²) in [5.41, 5.74) is -0.117. The van der Waals surface area contributed by atoms with E-state index in [1.807, 2.05) is 0 Å². The van der Waals surface area contributed by atoms with Crippen molar-refractivity contribution < 1.29 is 49.3 Å². The number of hydrogen-bond acceptors (Lipinski definition) is 11. The van der Waals surface area contributed by atoms with Crippen LogP contribution < -0.4 is 10.2 Å². The van der Waals surface area contributed by atoms with Crippen molar-refractivity contribution in [2.75, 3.05) is 0 Å². The second kappa shape index (κ2) is 8.22. The molecule has 0 saturated carbocycles. The van der Waals surface area contributed by atoms with Crippen LogP contribution >= 0.6 is 0 Å². The monoisotopic (exact) mass is 446 g/mol. The lowest BCUT2D eigenvalue weighted by atomic mass is 9.99. The number of phenolic OH excluding ortho intramolecular Hbond substituents is 2. The molecule has 5 atom stereocenters. The fourth-order valence-electron chi connectivity index (χ4n) is 3.34. The van der Waals surface area contributed by atoms with Crippen LogP contribution in [0.25, 0.3) is 22.1 Å². The van der Waals surface area contributed by atoms with Crippen molar-refractivity contribution in [2.24, 2.45) is 0 Å². The minimum Gasteiger partial charge on any atom is -0.508 e. The number of benzene rings is 2. The smallest absolute Gasteiger partial charge is 0.343 e. The maximum Gasteiger partial charge on any atom is 0.343 e. The van der Waals surface area contributed by atoms with Gasteiger partial charge in [-0.1, -0.05) is 12.1 Å². The van der Waals surface area contributed by atoms with Gasteiger partial charge >= 0.3 is 5.97 Å². The van der Waals surface area contributed by atoms with E-state index in [2.05, 4.69) is 0 Å². The topological polar surface area (TPSA) is 187 Å². The van der Waals surface area contributed by atoms with E-state index in [0.717, 1.165) is 18.4 Å². The fraction of sp³-hybridized carbons (Fsp3) is 0.238. The number of aliphatic hydroxyl groups is 4. The summed E-state index contributed by atoms with van der Waals surface area (Å²) in [6, 6.07) is 7.87. The van der Waals surface area contributed by atoms with E-state index in [0.29, 0.717) is 5.56 Å². The number of phenols is 2. The van der Waals surface area contributed by atoms with Crippen molar-refractivity contribution in [3.05, 3.63) is 52.9 Å². The van der Waals surface area contributed by atoms with Crippen LogP contribution in [0, 0.1) is 0 Å². The molecule has 168 valence electrons. The molecule has 11 heteroatoms. The van der Waals surface area contributed by atoms with Gasteiger partial charge in [0.2, 0.25) is 5.43 Å². The molecule has 2 aromatic carbocycles. The number of esters is 1. The maximum absolute atomic E-state index is 12.8. The van der Waals surface area contributed by atoms with Crippen molar-refractivity contribution in [3.63, 3.8) is 0 Å². The molecule has 1 fully saturated rings. The molecule has 3 aromatic rings. The third kappa shape index (κ3) is 3.79. The van der Waals surface area contributed by atoms with Crippen molar-refractivity contribution in [2.45, 2.75) is 30.7 Å². The van der Waals surface area contributed by atoms with Gasteiger partial charge < -0.3 is 44.5 Å². The summed E-state index contributed by atoms with van der Waals surface area (Å²) < 4.78 is 15.2. The molecule has 1 saturated heterocycles. The summed E-state index contributed by atoms with van der Waals surface area (Å²) in [4.78, 5) is 25.2. The highest BCUT2D eigenvalue weighted by Crippen LogP contribution is 2.31. The SMILES string of the molecule is O=C(Oc1cc(O)c2c(=O)c(-c3ccc(O)cc3)coc2c1)[C@H]1O[C@@H](O)[C@H](O)[C@@H](O)[C@@H]1O. The summed E-state index contributed by atoms with van der Waals surface area (Å²) in [5.74, 6) is -2.05. The van der Waals surface area contributed by atoms with Crippen LogP contribution in [-0.2, 0) is 9.53 Å². The lowest BCUT2D eigenvalue weighted by Crippen LogP contribution is -2.60. The predicted molar refractivity (Wildman–Crippen MR) is 106 cm³/mol. The number of hydrogen-bond donors (Lipinski definition) is 6. The zero-order valence-electron chi connectivity index (χ0n) is 16.2. The molecule has 6 N–H and O–H groups in total. The Kier molecular flexibility index (Phi) is 5.59. The number of carbonyl (C=O) groups excluding carboxylic acids is 1. The van der Waals surface area contributed by atoms with Gasteiger partial charge in [-0.25, -0.2) is 4.79 Å². The van der Waals surface area contributed by atoms with Crippen molar-refractivity contribution in [1.29, 1.82) is 0 Å². The average molecular weight is 446 g/mol. The van der Waals surface area contributed by atoms with Gasteiger partial charge in [0.05, 0.1) is 5.56 Å². The number of fused-ring (bicyclic) bond motifs is 1. The van der Waals surface area contributed by atoms with Crippen molar-refractivity contribution in [3.8, 4) is 28.4 Å². The van der Waals surface area contributed by atoms with Crippen LogP contribution in [0.1, 0.15) is 0 Å². The molecule has 2 heterocycles. The van der Waals surface area contributed by atoms with E-state index >= 15 is 0 Å². The molecule has 0 radical (unpaired) electrons. The van der Waals surface area contributed by atoms with Gasteiger partial charge in [0, 0.05) is 12.1 Å². The Balaban J connectivity index is 1.64. The quantitative estimate of drug-likeness (QED) is 0.226. The molecule has 0 spiro atoms. The third-order valence-electron chi connectivity index (χ3n) is 5.05. The van der Waals surface area contributed by atoms with Gasteiger partial charge in [0.1, 0.15) is 52.8 Å². The summed E-state index contributed by atoms with van der Waals surface area (Å²) in [5, 5.41) is 58.2. The summed E-state index contributed by atoms with van der Waals surface area (Å²) in [7, 11) is 0. The van der Waals surface area contributed by atoms with E-state index in [1.54, 1.807) is 0 Å². The zero-order chi connectivity index (χ0) is 23.2. The third-order valence-corrected chi connectivity index (χ3v) is 5.05. The Bertz CT molecular complexity index is 1220. The zero-order valence-corrected chi connectivity index (χ0v) is 16.2. The van der Waals surface area contributed by atoms with E-state index in [-0.39, 0.29) is 28.0 Å². The first-order valence-electron chi connectivity index (χ1n) is 9.34. The Labute approximate surface area is 178 Å². The molecule has 1 aromatic heterocycles.